The molecule has 0 aliphatic rings. The number of nitrogens with zero attached hydrogens (tertiary/aromatic N) is 1. The Morgan fingerprint density at radius 2 is 2.17 bits per heavy atom. The van der Waals surface area contributed by atoms with Crippen LogP contribution in [-0.4, -0.2) is 12.2 Å². The zero-order chi connectivity index (χ0) is 9.23. The molecule has 0 saturated carbocycles. The second kappa shape index (κ2) is 8.24. The number of oxime groups is 1. The zero-order valence-corrected chi connectivity index (χ0v) is 7.88. The number of carbonyl (C=O) groups is 1. The smallest absolute Gasteiger partial charge is 0.319 e. The van der Waals surface area contributed by atoms with Crippen molar-refractivity contribution in [1.29, 1.82) is 0 Å². The van der Waals surface area contributed by atoms with E-state index < -0.39 is 0 Å². The first kappa shape index (κ1) is 11.1. The van der Waals surface area contributed by atoms with Gasteiger partial charge in [-0.25, -0.2) is 4.79 Å². The molecule has 3 heteroatoms. The lowest BCUT2D eigenvalue weighted by Crippen LogP contribution is -1.90. The topological polar surface area (TPSA) is 38.7 Å². The van der Waals surface area contributed by atoms with Gasteiger partial charge in [0.2, 0.25) is 0 Å². The lowest BCUT2D eigenvalue weighted by atomic mass is 10.2. The van der Waals surface area contributed by atoms with Gasteiger partial charge in [0.05, 0.1) is 0 Å². The molecule has 0 heterocycles. The van der Waals surface area contributed by atoms with Crippen LogP contribution in [0.25, 0.3) is 0 Å². The normalized spacial score (nSPS) is 10.5. The Labute approximate surface area is 73.8 Å². The summed E-state index contributed by atoms with van der Waals surface area (Å²) in [6.07, 6.45) is 7.40. The van der Waals surface area contributed by atoms with Crippen LogP contribution in [0.15, 0.2) is 5.16 Å². The summed E-state index contributed by atoms with van der Waals surface area (Å²) in [5.41, 5.74) is 0. The average molecular weight is 171 g/mol. The number of carbonyl (C=O) groups excluding carboxylic acids is 1. The Kier molecular flexibility index (Phi) is 7.65. The van der Waals surface area contributed by atoms with Crippen LogP contribution >= 0.6 is 0 Å². The molecule has 0 aliphatic heterocycles. The highest BCUT2D eigenvalue weighted by molar-refractivity contribution is 5.67. The summed E-state index contributed by atoms with van der Waals surface area (Å²) >= 11 is 0. The van der Waals surface area contributed by atoms with E-state index in [0.717, 1.165) is 12.8 Å². The van der Waals surface area contributed by atoms with Crippen molar-refractivity contribution in [1.82, 2.24) is 0 Å². The predicted molar refractivity (Wildman–Crippen MR) is 49.0 cm³/mol. The van der Waals surface area contributed by atoms with E-state index in [-0.39, 0.29) is 5.97 Å². The molecule has 3 nitrogen and oxygen atoms in total. The van der Waals surface area contributed by atoms with Gasteiger partial charge in [0.1, 0.15) is 0 Å². The first-order valence-electron chi connectivity index (χ1n) is 4.46. The van der Waals surface area contributed by atoms with Gasteiger partial charge in [-0.2, -0.15) is 0 Å². The summed E-state index contributed by atoms with van der Waals surface area (Å²) in [7, 11) is 0. The molecule has 0 N–H and O–H groups in total. The maximum atomic E-state index is 10.2. The van der Waals surface area contributed by atoms with Crippen LogP contribution in [0, 0.1) is 0 Å². The van der Waals surface area contributed by atoms with Crippen LogP contribution in [0.5, 0.6) is 0 Å². The third kappa shape index (κ3) is 9.14. The average Bonchev–Trinajstić information content (AvgIpc) is 2.02. The Hall–Kier alpha value is -0.860. The Morgan fingerprint density at radius 3 is 2.75 bits per heavy atom. The van der Waals surface area contributed by atoms with Crippen molar-refractivity contribution < 1.29 is 9.63 Å². The summed E-state index contributed by atoms with van der Waals surface area (Å²) in [4.78, 5) is 14.6. The van der Waals surface area contributed by atoms with E-state index >= 15 is 0 Å². The summed E-state index contributed by atoms with van der Waals surface area (Å²) in [6.45, 7) is 3.52. The molecule has 0 bridgehead atoms. The molecule has 0 saturated heterocycles. The maximum absolute atomic E-state index is 10.2. The Bertz CT molecular complexity index is 143. The lowest BCUT2D eigenvalue weighted by Gasteiger charge is -1.93. The monoisotopic (exact) mass is 171 g/mol. The largest absolute Gasteiger partial charge is 0.331 e. The number of rotatable bonds is 6. The first-order valence-corrected chi connectivity index (χ1v) is 4.46. The minimum Gasteiger partial charge on any atom is -0.319 e. The fourth-order valence-corrected chi connectivity index (χ4v) is 0.827. The second-order valence-corrected chi connectivity index (χ2v) is 2.72. The molecule has 0 radical (unpaired) electrons. The minimum absolute atomic E-state index is 0.361. The van der Waals surface area contributed by atoms with E-state index in [4.69, 9.17) is 0 Å². The summed E-state index contributed by atoms with van der Waals surface area (Å²) in [6, 6.07) is 0. The van der Waals surface area contributed by atoms with Crippen molar-refractivity contribution in [3.05, 3.63) is 0 Å². The van der Waals surface area contributed by atoms with Crippen molar-refractivity contribution in [3.8, 4) is 0 Å². The molecule has 70 valence electrons. The quantitative estimate of drug-likeness (QED) is 0.266. The molecule has 0 aliphatic carbocycles. The molecule has 0 atom stereocenters. The highest BCUT2D eigenvalue weighted by Gasteiger charge is 1.87. The molecule has 12 heavy (non-hydrogen) atoms. The van der Waals surface area contributed by atoms with E-state index in [0.29, 0.717) is 0 Å². The zero-order valence-electron chi connectivity index (χ0n) is 7.88. The summed E-state index contributed by atoms with van der Waals surface area (Å²) in [5.74, 6) is -0.361. The van der Waals surface area contributed by atoms with Crippen LogP contribution in [0.4, 0.5) is 0 Å². The third-order valence-electron chi connectivity index (χ3n) is 1.44. The number of unbranched alkanes of at least 4 members (excludes halogenated alkanes) is 4. The third-order valence-corrected chi connectivity index (χ3v) is 1.44. The van der Waals surface area contributed by atoms with Gasteiger partial charge in [-0.1, -0.05) is 31.3 Å². The van der Waals surface area contributed by atoms with Gasteiger partial charge in [0, 0.05) is 13.1 Å². The SMILES string of the molecule is CCCCCC/C=N/OC(C)=O. The van der Waals surface area contributed by atoms with Gasteiger partial charge in [-0.05, 0) is 12.8 Å². The molecule has 0 aromatic heterocycles. The molecule has 0 aromatic rings. The lowest BCUT2D eigenvalue weighted by molar-refractivity contribution is -0.140. The van der Waals surface area contributed by atoms with Crippen LogP contribution in [0.3, 0.4) is 0 Å². The van der Waals surface area contributed by atoms with Gasteiger partial charge >= 0.3 is 5.97 Å². The van der Waals surface area contributed by atoms with Gasteiger partial charge in [-0.3, -0.25) is 0 Å². The molecular weight excluding hydrogens is 154 g/mol. The van der Waals surface area contributed by atoms with Crippen molar-refractivity contribution in [2.75, 3.05) is 0 Å². The summed E-state index contributed by atoms with van der Waals surface area (Å²) < 4.78 is 0. The van der Waals surface area contributed by atoms with Gasteiger partial charge in [0.15, 0.2) is 0 Å². The van der Waals surface area contributed by atoms with Crippen LogP contribution in [0.2, 0.25) is 0 Å². The highest BCUT2D eigenvalue weighted by Crippen LogP contribution is 2.00. The van der Waals surface area contributed by atoms with Crippen LogP contribution in [-0.2, 0) is 9.63 Å². The molecule has 0 spiro atoms. The Balaban J connectivity index is 3.08. The Morgan fingerprint density at radius 1 is 1.42 bits per heavy atom. The fourth-order valence-electron chi connectivity index (χ4n) is 0.827. The van der Waals surface area contributed by atoms with Crippen molar-refractivity contribution in [3.63, 3.8) is 0 Å². The van der Waals surface area contributed by atoms with Crippen molar-refractivity contribution in [2.45, 2.75) is 46.0 Å². The van der Waals surface area contributed by atoms with E-state index in [2.05, 4.69) is 16.9 Å². The maximum Gasteiger partial charge on any atom is 0.331 e. The van der Waals surface area contributed by atoms with E-state index in [1.807, 2.05) is 0 Å². The molecular formula is C9H17NO2. The predicted octanol–water partition coefficient (Wildman–Crippen LogP) is 2.51. The molecule has 0 amide bonds. The standard InChI is InChI=1S/C9H17NO2/c1-3-4-5-6-7-8-10-12-9(2)11/h8H,3-7H2,1-2H3/b10-8+. The van der Waals surface area contributed by atoms with Gasteiger partial charge in [-0.15, -0.1) is 0 Å². The molecule has 0 aromatic carbocycles. The number of hydrogen-bond acceptors (Lipinski definition) is 3. The summed E-state index contributed by atoms with van der Waals surface area (Å²) in [5, 5.41) is 3.49. The van der Waals surface area contributed by atoms with E-state index in [9.17, 15) is 4.79 Å². The molecule has 0 unspecified atom stereocenters. The van der Waals surface area contributed by atoms with Gasteiger partial charge in [0.25, 0.3) is 0 Å². The molecule has 0 fully saturated rings. The first-order chi connectivity index (χ1) is 5.77. The minimum atomic E-state index is -0.361. The van der Waals surface area contributed by atoms with Crippen molar-refractivity contribution in [2.24, 2.45) is 5.16 Å². The van der Waals surface area contributed by atoms with Gasteiger partial charge < -0.3 is 4.84 Å². The van der Waals surface area contributed by atoms with E-state index in [1.54, 1.807) is 6.21 Å². The molecule has 0 rings (SSSR count). The highest BCUT2D eigenvalue weighted by atomic mass is 16.7. The van der Waals surface area contributed by atoms with Crippen LogP contribution in [0.1, 0.15) is 46.0 Å². The van der Waals surface area contributed by atoms with Crippen LogP contribution < -0.4 is 0 Å². The number of hydrogen-bond donors (Lipinski definition) is 0. The van der Waals surface area contributed by atoms with Crippen molar-refractivity contribution >= 4 is 12.2 Å². The van der Waals surface area contributed by atoms with E-state index in [1.165, 1.54) is 26.2 Å². The second-order valence-electron chi connectivity index (χ2n) is 2.72. The fraction of sp³-hybridized carbons (Fsp3) is 0.778.